The SMILES string of the molecule is CCn1nc(C(C)C)cc1C(=O)NCc1ccc2c(c1)CCCN2C. The molecule has 5 heteroatoms. The van der Waals surface area contributed by atoms with E-state index in [1.54, 1.807) is 4.68 Å². The quantitative estimate of drug-likeness (QED) is 0.908. The van der Waals surface area contributed by atoms with Gasteiger partial charge in [0.1, 0.15) is 5.69 Å². The maximum absolute atomic E-state index is 12.6. The summed E-state index contributed by atoms with van der Waals surface area (Å²) in [5, 5.41) is 7.57. The van der Waals surface area contributed by atoms with Crippen molar-refractivity contribution >= 4 is 11.6 Å². The van der Waals surface area contributed by atoms with Crippen LogP contribution >= 0.6 is 0 Å². The lowest BCUT2D eigenvalue weighted by Gasteiger charge is -2.27. The van der Waals surface area contributed by atoms with E-state index in [1.165, 1.54) is 17.7 Å². The Labute approximate surface area is 150 Å². The van der Waals surface area contributed by atoms with Crippen molar-refractivity contribution in [2.75, 3.05) is 18.5 Å². The fourth-order valence-electron chi connectivity index (χ4n) is 3.36. The van der Waals surface area contributed by atoms with Gasteiger partial charge in [0.2, 0.25) is 0 Å². The molecule has 5 nitrogen and oxygen atoms in total. The summed E-state index contributed by atoms with van der Waals surface area (Å²) in [6.45, 7) is 8.54. The molecule has 1 N–H and O–H groups in total. The summed E-state index contributed by atoms with van der Waals surface area (Å²) in [5.74, 6) is 0.257. The standard InChI is InChI=1S/C20H28N4O/c1-5-24-19(12-17(22-24)14(2)3)20(25)21-13-15-8-9-18-16(11-15)7-6-10-23(18)4/h8-9,11-12,14H,5-7,10,13H2,1-4H3,(H,21,25). The Balaban J connectivity index is 1.70. The van der Waals surface area contributed by atoms with Gasteiger partial charge in [-0.1, -0.05) is 26.0 Å². The maximum Gasteiger partial charge on any atom is 0.269 e. The van der Waals surface area contributed by atoms with Crippen LogP contribution in [0.1, 0.15) is 60.4 Å². The van der Waals surface area contributed by atoms with E-state index in [1.807, 2.05) is 13.0 Å². The van der Waals surface area contributed by atoms with Gasteiger partial charge in [-0.2, -0.15) is 5.10 Å². The van der Waals surface area contributed by atoms with Crippen molar-refractivity contribution in [3.8, 4) is 0 Å². The van der Waals surface area contributed by atoms with E-state index in [9.17, 15) is 4.79 Å². The molecule has 0 saturated carbocycles. The number of amides is 1. The van der Waals surface area contributed by atoms with Crippen molar-refractivity contribution in [3.05, 3.63) is 46.8 Å². The van der Waals surface area contributed by atoms with Gasteiger partial charge in [0.25, 0.3) is 5.91 Å². The topological polar surface area (TPSA) is 50.2 Å². The van der Waals surface area contributed by atoms with Crippen LogP contribution in [-0.2, 0) is 19.5 Å². The summed E-state index contributed by atoms with van der Waals surface area (Å²) < 4.78 is 1.78. The molecular formula is C20H28N4O. The van der Waals surface area contributed by atoms with Crippen molar-refractivity contribution in [3.63, 3.8) is 0 Å². The number of nitrogens with one attached hydrogen (secondary N) is 1. The molecule has 2 aromatic rings. The summed E-state index contributed by atoms with van der Waals surface area (Å²) in [7, 11) is 2.14. The summed E-state index contributed by atoms with van der Waals surface area (Å²) in [5.41, 5.74) is 5.44. The minimum atomic E-state index is -0.0592. The van der Waals surface area contributed by atoms with Crippen molar-refractivity contribution in [1.29, 1.82) is 0 Å². The highest BCUT2D eigenvalue weighted by Crippen LogP contribution is 2.26. The third-order valence-corrected chi connectivity index (χ3v) is 4.87. The van der Waals surface area contributed by atoms with Gasteiger partial charge in [-0.05, 0) is 48.9 Å². The van der Waals surface area contributed by atoms with Crippen molar-refractivity contribution in [2.24, 2.45) is 0 Å². The minimum Gasteiger partial charge on any atom is -0.374 e. The smallest absolute Gasteiger partial charge is 0.269 e. The zero-order valence-electron chi connectivity index (χ0n) is 15.7. The molecule has 1 aromatic heterocycles. The minimum absolute atomic E-state index is 0.0592. The fraction of sp³-hybridized carbons (Fsp3) is 0.500. The van der Waals surface area contributed by atoms with Crippen molar-refractivity contribution in [2.45, 2.75) is 52.6 Å². The molecule has 25 heavy (non-hydrogen) atoms. The van der Waals surface area contributed by atoms with Gasteiger partial charge in [0, 0.05) is 32.4 Å². The van der Waals surface area contributed by atoms with E-state index in [0.29, 0.717) is 24.7 Å². The van der Waals surface area contributed by atoms with Crippen molar-refractivity contribution in [1.82, 2.24) is 15.1 Å². The number of anilines is 1. The molecule has 0 spiro atoms. The molecule has 2 heterocycles. The first-order valence-corrected chi connectivity index (χ1v) is 9.18. The molecule has 0 aliphatic carbocycles. The summed E-state index contributed by atoms with van der Waals surface area (Å²) in [6.07, 6.45) is 2.30. The van der Waals surface area contributed by atoms with Gasteiger partial charge < -0.3 is 10.2 Å². The van der Waals surface area contributed by atoms with E-state index in [4.69, 9.17) is 0 Å². The first kappa shape index (κ1) is 17.5. The Morgan fingerprint density at radius 2 is 2.12 bits per heavy atom. The number of aryl methyl sites for hydroxylation is 2. The van der Waals surface area contributed by atoms with Gasteiger partial charge in [0.15, 0.2) is 0 Å². The van der Waals surface area contributed by atoms with E-state index < -0.39 is 0 Å². The highest BCUT2D eigenvalue weighted by Gasteiger charge is 2.17. The average molecular weight is 340 g/mol. The number of aromatic nitrogens is 2. The summed E-state index contributed by atoms with van der Waals surface area (Å²) in [4.78, 5) is 14.9. The highest BCUT2D eigenvalue weighted by molar-refractivity contribution is 5.92. The lowest BCUT2D eigenvalue weighted by atomic mass is 9.99. The van der Waals surface area contributed by atoms with E-state index in [-0.39, 0.29) is 5.91 Å². The van der Waals surface area contributed by atoms with Crippen LogP contribution in [0.2, 0.25) is 0 Å². The molecular weight excluding hydrogens is 312 g/mol. The Morgan fingerprint density at radius 1 is 1.32 bits per heavy atom. The number of fused-ring (bicyclic) bond motifs is 1. The predicted octanol–water partition coefficient (Wildman–Crippen LogP) is 3.34. The number of benzene rings is 1. The van der Waals surface area contributed by atoms with Crippen LogP contribution in [0.5, 0.6) is 0 Å². The highest BCUT2D eigenvalue weighted by atomic mass is 16.2. The van der Waals surface area contributed by atoms with E-state index in [0.717, 1.165) is 24.2 Å². The molecule has 1 aliphatic heterocycles. The maximum atomic E-state index is 12.6. The number of carbonyl (C=O) groups excluding carboxylic acids is 1. The van der Waals surface area contributed by atoms with Crippen LogP contribution in [0.25, 0.3) is 0 Å². The Bertz CT molecular complexity index is 763. The van der Waals surface area contributed by atoms with Gasteiger partial charge in [0.05, 0.1) is 5.69 Å². The molecule has 3 rings (SSSR count). The van der Waals surface area contributed by atoms with Gasteiger partial charge in [-0.25, -0.2) is 0 Å². The molecule has 1 amide bonds. The molecule has 0 fully saturated rings. The number of carbonyl (C=O) groups is 1. The Morgan fingerprint density at radius 3 is 2.84 bits per heavy atom. The molecule has 0 atom stereocenters. The molecule has 1 aromatic carbocycles. The zero-order valence-corrected chi connectivity index (χ0v) is 15.7. The Hall–Kier alpha value is -2.30. The largest absolute Gasteiger partial charge is 0.374 e. The van der Waals surface area contributed by atoms with Gasteiger partial charge in [-0.3, -0.25) is 9.48 Å². The lowest BCUT2D eigenvalue weighted by molar-refractivity contribution is 0.0940. The molecule has 0 unspecified atom stereocenters. The lowest BCUT2D eigenvalue weighted by Crippen LogP contribution is -2.27. The number of rotatable bonds is 5. The molecule has 1 aliphatic rings. The fourth-order valence-corrected chi connectivity index (χ4v) is 3.36. The Kier molecular flexibility index (Phi) is 5.11. The van der Waals surface area contributed by atoms with Crippen molar-refractivity contribution < 1.29 is 4.79 Å². The zero-order chi connectivity index (χ0) is 18.0. The normalized spacial score (nSPS) is 13.9. The number of hydrogen-bond donors (Lipinski definition) is 1. The summed E-state index contributed by atoms with van der Waals surface area (Å²) >= 11 is 0. The average Bonchev–Trinajstić information content (AvgIpc) is 3.04. The van der Waals surface area contributed by atoms with Gasteiger partial charge >= 0.3 is 0 Å². The molecule has 0 bridgehead atoms. The number of nitrogens with zero attached hydrogens (tertiary/aromatic N) is 3. The summed E-state index contributed by atoms with van der Waals surface area (Å²) in [6, 6.07) is 8.41. The molecule has 0 saturated heterocycles. The van der Waals surface area contributed by atoms with Crippen LogP contribution in [0.15, 0.2) is 24.3 Å². The van der Waals surface area contributed by atoms with Crippen LogP contribution in [0.3, 0.4) is 0 Å². The number of hydrogen-bond acceptors (Lipinski definition) is 3. The van der Waals surface area contributed by atoms with Crippen LogP contribution in [0, 0.1) is 0 Å². The second-order valence-electron chi connectivity index (χ2n) is 7.10. The second kappa shape index (κ2) is 7.30. The van der Waals surface area contributed by atoms with Crippen LogP contribution in [-0.4, -0.2) is 29.3 Å². The molecule has 134 valence electrons. The third kappa shape index (κ3) is 3.70. The van der Waals surface area contributed by atoms with Crippen LogP contribution in [0.4, 0.5) is 5.69 Å². The van der Waals surface area contributed by atoms with Crippen LogP contribution < -0.4 is 10.2 Å². The third-order valence-electron chi connectivity index (χ3n) is 4.87. The first-order valence-electron chi connectivity index (χ1n) is 9.18. The van der Waals surface area contributed by atoms with Gasteiger partial charge in [-0.15, -0.1) is 0 Å². The first-order chi connectivity index (χ1) is 12.0. The molecule has 0 radical (unpaired) electrons. The van der Waals surface area contributed by atoms with E-state index in [2.05, 4.69) is 54.4 Å². The monoisotopic (exact) mass is 340 g/mol. The second-order valence-corrected chi connectivity index (χ2v) is 7.10. The predicted molar refractivity (Wildman–Crippen MR) is 101 cm³/mol. The van der Waals surface area contributed by atoms with E-state index >= 15 is 0 Å².